The molecule has 1 N–H and O–H groups in total. The Morgan fingerprint density at radius 1 is 0.897 bits per heavy atom. The highest BCUT2D eigenvalue weighted by Gasteiger charge is 2.25. The summed E-state index contributed by atoms with van der Waals surface area (Å²) in [6.45, 7) is 1.99. The first-order valence-electron chi connectivity index (χ1n) is 9.24. The number of Topliss-reactive ketones (excluding diaryl/α,β-unsaturated/α-hetero) is 1. The molecule has 5 heteroatoms. The predicted molar refractivity (Wildman–Crippen MR) is 114 cm³/mol. The molecular formula is C24H20N2O3. The van der Waals surface area contributed by atoms with Crippen LogP contribution in [0.2, 0.25) is 0 Å². The zero-order valence-corrected chi connectivity index (χ0v) is 16.2. The topological polar surface area (TPSA) is 59.8 Å². The van der Waals surface area contributed by atoms with Crippen molar-refractivity contribution >= 4 is 22.9 Å². The van der Waals surface area contributed by atoms with Crippen molar-refractivity contribution in [3.8, 4) is 16.9 Å². The summed E-state index contributed by atoms with van der Waals surface area (Å²) in [4.78, 5) is 26.0. The van der Waals surface area contributed by atoms with Gasteiger partial charge in [-0.05, 0) is 60.5 Å². The Morgan fingerprint density at radius 2 is 1.62 bits per heavy atom. The van der Waals surface area contributed by atoms with Crippen LogP contribution in [-0.4, -0.2) is 23.2 Å². The lowest BCUT2D eigenvalue weighted by molar-refractivity contribution is -0.112. The molecule has 4 aromatic rings. The fourth-order valence-electron chi connectivity index (χ4n) is 3.41. The van der Waals surface area contributed by atoms with Crippen molar-refractivity contribution in [1.82, 2.24) is 4.40 Å². The summed E-state index contributed by atoms with van der Waals surface area (Å²) in [7, 11) is 1.57. The molecular weight excluding hydrogens is 364 g/mol. The summed E-state index contributed by atoms with van der Waals surface area (Å²) in [5.74, 6) is -0.604. The fraction of sp³-hybridized carbons (Fsp3) is 0.0833. The van der Waals surface area contributed by atoms with Gasteiger partial charge in [0.2, 0.25) is 0 Å². The number of hydrogen-bond donors (Lipinski definition) is 1. The van der Waals surface area contributed by atoms with E-state index in [9.17, 15) is 9.59 Å². The Morgan fingerprint density at radius 3 is 2.34 bits per heavy atom. The van der Waals surface area contributed by atoms with Gasteiger partial charge >= 0.3 is 0 Å². The van der Waals surface area contributed by atoms with Crippen LogP contribution in [-0.2, 0) is 4.79 Å². The standard InChI is InChI=1S/C24H20N2O3/c1-16-7-3-4-9-20(16)21-15-18-8-5-6-14-26(18)22(21)23(27)24(28)25-17-10-12-19(29-2)13-11-17/h3-15H,1-2H3,(H,25,28). The smallest absolute Gasteiger partial charge is 0.298 e. The molecule has 0 saturated carbocycles. The summed E-state index contributed by atoms with van der Waals surface area (Å²) in [5.41, 5.74) is 4.43. The number of amides is 1. The molecule has 0 aliphatic rings. The number of aryl methyl sites for hydroxylation is 1. The third kappa shape index (κ3) is 3.50. The summed E-state index contributed by atoms with van der Waals surface area (Å²) in [5, 5.41) is 2.68. The number of nitrogens with zero attached hydrogens (tertiary/aromatic N) is 1. The molecule has 144 valence electrons. The van der Waals surface area contributed by atoms with E-state index in [0.29, 0.717) is 17.1 Å². The molecule has 0 aliphatic heterocycles. The lowest BCUT2D eigenvalue weighted by Gasteiger charge is -2.09. The number of aromatic nitrogens is 1. The van der Waals surface area contributed by atoms with Crippen molar-refractivity contribution < 1.29 is 14.3 Å². The zero-order chi connectivity index (χ0) is 20.4. The van der Waals surface area contributed by atoms with Gasteiger partial charge in [-0.15, -0.1) is 0 Å². The lowest BCUT2D eigenvalue weighted by atomic mass is 9.99. The molecule has 0 aliphatic carbocycles. The molecule has 0 saturated heterocycles. The van der Waals surface area contributed by atoms with E-state index in [1.807, 2.05) is 55.5 Å². The van der Waals surface area contributed by atoms with Crippen LogP contribution >= 0.6 is 0 Å². The minimum Gasteiger partial charge on any atom is -0.497 e. The van der Waals surface area contributed by atoms with E-state index in [1.54, 1.807) is 42.0 Å². The number of rotatable bonds is 5. The fourth-order valence-corrected chi connectivity index (χ4v) is 3.41. The van der Waals surface area contributed by atoms with Crippen LogP contribution in [0.15, 0.2) is 79.0 Å². The third-order valence-corrected chi connectivity index (χ3v) is 4.88. The first-order valence-corrected chi connectivity index (χ1v) is 9.24. The highest BCUT2D eigenvalue weighted by atomic mass is 16.5. The third-order valence-electron chi connectivity index (χ3n) is 4.88. The van der Waals surface area contributed by atoms with E-state index in [2.05, 4.69) is 5.32 Å². The van der Waals surface area contributed by atoms with E-state index < -0.39 is 11.7 Å². The normalized spacial score (nSPS) is 10.7. The zero-order valence-electron chi connectivity index (χ0n) is 16.2. The number of ketones is 1. The van der Waals surface area contributed by atoms with Gasteiger partial charge in [-0.3, -0.25) is 9.59 Å². The minimum absolute atomic E-state index is 0.348. The van der Waals surface area contributed by atoms with E-state index in [-0.39, 0.29) is 0 Å². The number of pyridine rings is 1. The van der Waals surface area contributed by atoms with Crippen LogP contribution in [0.3, 0.4) is 0 Å². The molecule has 5 nitrogen and oxygen atoms in total. The average Bonchev–Trinajstić information content (AvgIpc) is 3.13. The van der Waals surface area contributed by atoms with Gasteiger partial charge in [0.1, 0.15) is 11.4 Å². The van der Waals surface area contributed by atoms with Crippen LogP contribution in [0.25, 0.3) is 16.6 Å². The Hall–Kier alpha value is -3.86. The molecule has 2 aromatic carbocycles. The number of anilines is 1. The second-order valence-electron chi connectivity index (χ2n) is 6.73. The Bertz CT molecular complexity index is 1210. The van der Waals surface area contributed by atoms with Gasteiger partial charge in [-0.1, -0.05) is 30.3 Å². The maximum atomic E-state index is 13.2. The van der Waals surface area contributed by atoms with Gasteiger partial charge in [0.25, 0.3) is 11.7 Å². The van der Waals surface area contributed by atoms with Crippen molar-refractivity contribution in [3.05, 3.63) is 90.3 Å². The molecule has 4 rings (SSSR count). The average molecular weight is 384 g/mol. The molecule has 0 bridgehead atoms. The number of nitrogens with one attached hydrogen (secondary N) is 1. The monoisotopic (exact) mass is 384 g/mol. The van der Waals surface area contributed by atoms with Gasteiger partial charge in [0.15, 0.2) is 0 Å². The van der Waals surface area contributed by atoms with Crippen molar-refractivity contribution in [1.29, 1.82) is 0 Å². The van der Waals surface area contributed by atoms with Crippen molar-refractivity contribution in [2.75, 3.05) is 12.4 Å². The van der Waals surface area contributed by atoms with Crippen molar-refractivity contribution in [2.24, 2.45) is 0 Å². The number of carbonyl (C=O) groups excluding carboxylic acids is 2. The van der Waals surface area contributed by atoms with Crippen molar-refractivity contribution in [3.63, 3.8) is 0 Å². The summed E-state index contributed by atoms with van der Waals surface area (Å²) in [6, 6.07) is 22.3. The maximum Gasteiger partial charge on any atom is 0.298 e. The second kappa shape index (κ2) is 7.64. The van der Waals surface area contributed by atoms with Crippen LogP contribution in [0.4, 0.5) is 5.69 Å². The van der Waals surface area contributed by atoms with Crippen molar-refractivity contribution in [2.45, 2.75) is 6.92 Å². The van der Waals surface area contributed by atoms with E-state index in [0.717, 1.165) is 22.2 Å². The van der Waals surface area contributed by atoms with Crippen LogP contribution in [0, 0.1) is 6.92 Å². The molecule has 0 spiro atoms. The number of methoxy groups -OCH3 is 1. The molecule has 0 fully saturated rings. The van der Waals surface area contributed by atoms with Crippen LogP contribution < -0.4 is 10.1 Å². The largest absolute Gasteiger partial charge is 0.497 e. The highest BCUT2D eigenvalue weighted by molar-refractivity contribution is 6.47. The van der Waals surface area contributed by atoms with Gasteiger partial charge in [0, 0.05) is 23.0 Å². The molecule has 0 unspecified atom stereocenters. The summed E-state index contributed by atoms with van der Waals surface area (Å²) >= 11 is 0. The minimum atomic E-state index is -0.686. The number of hydrogen-bond acceptors (Lipinski definition) is 3. The Balaban J connectivity index is 1.75. The van der Waals surface area contributed by atoms with Crippen LogP contribution in [0.5, 0.6) is 5.75 Å². The highest BCUT2D eigenvalue weighted by Crippen LogP contribution is 2.31. The number of fused-ring (bicyclic) bond motifs is 1. The van der Waals surface area contributed by atoms with E-state index in [1.165, 1.54) is 0 Å². The van der Waals surface area contributed by atoms with E-state index in [4.69, 9.17) is 4.74 Å². The second-order valence-corrected chi connectivity index (χ2v) is 6.73. The molecule has 2 aromatic heterocycles. The Labute approximate surface area is 168 Å². The Kier molecular flexibility index (Phi) is 4.87. The summed E-state index contributed by atoms with van der Waals surface area (Å²) < 4.78 is 6.88. The maximum absolute atomic E-state index is 13.2. The van der Waals surface area contributed by atoms with Gasteiger partial charge in [-0.25, -0.2) is 0 Å². The molecule has 29 heavy (non-hydrogen) atoms. The van der Waals surface area contributed by atoms with Gasteiger partial charge in [0.05, 0.1) is 7.11 Å². The molecule has 2 heterocycles. The van der Waals surface area contributed by atoms with Gasteiger partial charge < -0.3 is 14.5 Å². The number of ether oxygens (including phenoxy) is 1. The predicted octanol–water partition coefficient (Wildman–Crippen LogP) is 4.74. The molecule has 0 atom stereocenters. The van der Waals surface area contributed by atoms with E-state index >= 15 is 0 Å². The molecule has 0 radical (unpaired) electrons. The number of carbonyl (C=O) groups is 2. The number of benzene rings is 2. The summed E-state index contributed by atoms with van der Waals surface area (Å²) in [6.07, 6.45) is 1.80. The first kappa shape index (κ1) is 18.5. The van der Waals surface area contributed by atoms with Crippen LogP contribution in [0.1, 0.15) is 16.1 Å². The quantitative estimate of drug-likeness (QED) is 0.399. The molecule has 1 amide bonds. The SMILES string of the molecule is COc1ccc(NC(=O)C(=O)c2c(-c3ccccc3C)cc3ccccn23)cc1. The van der Waals surface area contributed by atoms with Gasteiger partial charge in [-0.2, -0.15) is 0 Å². The lowest BCUT2D eigenvalue weighted by Crippen LogP contribution is -2.24. The first-order chi connectivity index (χ1) is 14.1.